The molecule has 100 valence electrons. The van der Waals surface area contributed by atoms with Gasteiger partial charge in [-0.25, -0.2) is 0 Å². The monoisotopic (exact) mass is 247 g/mol. The van der Waals surface area contributed by atoms with Crippen molar-refractivity contribution in [1.82, 2.24) is 14.7 Å². The van der Waals surface area contributed by atoms with Gasteiger partial charge in [0.15, 0.2) is 0 Å². The Morgan fingerprint density at radius 3 is 2.28 bits per heavy atom. The number of hydrogen-bond acceptors (Lipinski definition) is 2. The van der Waals surface area contributed by atoms with Gasteiger partial charge < -0.3 is 4.90 Å². The van der Waals surface area contributed by atoms with Gasteiger partial charge in [-0.3, -0.25) is 4.68 Å². The molecule has 3 rings (SSSR count). The van der Waals surface area contributed by atoms with E-state index in [0.29, 0.717) is 11.5 Å². The summed E-state index contributed by atoms with van der Waals surface area (Å²) in [5, 5.41) is 4.70. The maximum atomic E-state index is 4.70. The molecule has 1 spiro atoms. The maximum Gasteiger partial charge on any atom is 0.0625 e. The van der Waals surface area contributed by atoms with E-state index in [4.69, 9.17) is 5.10 Å². The lowest BCUT2D eigenvalue weighted by Crippen LogP contribution is -2.44. The first-order valence-corrected chi connectivity index (χ1v) is 7.32. The van der Waals surface area contributed by atoms with Crippen molar-refractivity contribution in [1.29, 1.82) is 0 Å². The SMILES string of the molecule is Cc1nn2c(c1C)C1(CCN(C(C)C)CC1)CC2. The summed E-state index contributed by atoms with van der Waals surface area (Å²) in [6.07, 6.45) is 3.94. The minimum Gasteiger partial charge on any atom is -0.301 e. The molecule has 0 N–H and O–H groups in total. The Hall–Kier alpha value is -0.830. The quantitative estimate of drug-likeness (QED) is 0.760. The van der Waals surface area contributed by atoms with Gasteiger partial charge in [0.2, 0.25) is 0 Å². The summed E-state index contributed by atoms with van der Waals surface area (Å²) < 4.78 is 2.29. The minimum atomic E-state index is 0.441. The van der Waals surface area contributed by atoms with Gasteiger partial charge in [-0.15, -0.1) is 0 Å². The summed E-state index contributed by atoms with van der Waals surface area (Å²) in [6.45, 7) is 12.7. The van der Waals surface area contributed by atoms with Crippen LogP contribution in [0.3, 0.4) is 0 Å². The van der Waals surface area contributed by atoms with E-state index < -0.39 is 0 Å². The lowest BCUT2D eigenvalue weighted by atomic mass is 9.73. The fraction of sp³-hybridized carbons (Fsp3) is 0.800. The molecule has 0 saturated carbocycles. The van der Waals surface area contributed by atoms with Crippen molar-refractivity contribution in [3.63, 3.8) is 0 Å². The van der Waals surface area contributed by atoms with E-state index in [1.165, 1.54) is 43.6 Å². The van der Waals surface area contributed by atoms with Crippen molar-refractivity contribution >= 4 is 0 Å². The zero-order chi connectivity index (χ0) is 12.9. The number of likely N-dealkylation sites (tertiary alicyclic amines) is 1. The second-order valence-electron chi connectivity index (χ2n) is 6.44. The Morgan fingerprint density at radius 1 is 1.06 bits per heavy atom. The van der Waals surface area contributed by atoms with Crippen LogP contribution in [-0.2, 0) is 12.0 Å². The fourth-order valence-electron chi connectivity index (χ4n) is 3.90. The van der Waals surface area contributed by atoms with Crippen molar-refractivity contribution in [3.05, 3.63) is 17.0 Å². The largest absolute Gasteiger partial charge is 0.301 e. The highest BCUT2D eigenvalue weighted by atomic mass is 15.3. The highest BCUT2D eigenvalue weighted by Crippen LogP contribution is 2.45. The molecule has 0 radical (unpaired) electrons. The zero-order valence-corrected chi connectivity index (χ0v) is 12.2. The molecule has 0 aromatic carbocycles. The first kappa shape index (κ1) is 12.2. The topological polar surface area (TPSA) is 21.1 Å². The van der Waals surface area contributed by atoms with Crippen LogP contribution in [0.2, 0.25) is 0 Å². The summed E-state index contributed by atoms with van der Waals surface area (Å²) >= 11 is 0. The average Bonchev–Trinajstić information content (AvgIpc) is 2.81. The van der Waals surface area contributed by atoms with Gasteiger partial charge in [-0.2, -0.15) is 5.10 Å². The highest BCUT2D eigenvalue weighted by Gasteiger charge is 2.44. The summed E-state index contributed by atoms with van der Waals surface area (Å²) in [5.41, 5.74) is 4.68. The molecule has 2 aliphatic rings. The summed E-state index contributed by atoms with van der Waals surface area (Å²) in [4.78, 5) is 2.62. The normalized spacial score (nSPS) is 22.9. The van der Waals surface area contributed by atoms with E-state index in [1.54, 1.807) is 5.69 Å². The Kier molecular flexibility index (Phi) is 2.77. The predicted molar refractivity (Wildman–Crippen MR) is 73.9 cm³/mol. The maximum absolute atomic E-state index is 4.70. The van der Waals surface area contributed by atoms with Crippen molar-refractivity contribution in [2.75, 3.05) is 13.1 Å². The first-order chi connectivity index (χ1) is 8.53. The molecular weight excluding hydrogens is 222 g/mol. The molecule has 2 aliphatic heterocycles. The zero-order valence-electron chi connectivity index (χ0n) is 12.2. The Morgan fingerprint density at radius 2 is 1.67 bits per heavy atom. The third-order valence-corrected chi connectivity index (χ3v) is 5.22. The van der Waals surface area contributed by atoms with Crippen LogP contribution in [0.1, 0.15) is 50.1 Å². The lowest BCUT2D eigenvalue weighted by molar-refractivity contribution is 0.128. The second-order valence-corrected chi connectivity index (χ2v) is 6.44. The van der Waals surface area contributed by atoms with Gasteiger partial charge in [0, 0.05) is 23.7 Å². The number of fused-ring (bicyclic) bond motifs is 2. The highest BCUT2D eigenvalue weighted by molar-refractivity contribution is 5.34. The van der Waals surface area contributed by atoms with Crippen LogP contribution in [0.5, 0.6) is 0 Å². The molecule has 3 nitrogen and oxygen atoms in total. The molecule has 1 aromatic rings. The number of piperidine rings is 1. The van der Waals surface area contributed by atoms with Gasteiger partial charge in [-0.1, -0.05) is 0 Å². The molecule has 1 aromatic heterocycles. The number of hydrogen-bond donors (Lipinski definition) is 0. The Balaban J connectivity index is 1.88. The molecule has 1 fully saturated rings. The van der Waals surface area contributed by atoms with Crippen LogP contribution in [0.4, 0.5) is 0 Å². The number of nitrogens with zero attached hydrogens (tertiary/aromatic N) is 3. The standard InChI is InChI=1S/C15H25N3/c1-11(2)17-8-5-15(6-9-17)7-10-18-14(15)12(3)13(4)16-18/h11H,5-10H2,1-4H3. The molecule has 3 heteroatoms. The van der Waals surface area contributed by atoms with Crippen LogP contribution in [0, 0.1) is 13.8 Å². The molecule has 0 unspecified atom stereocenters. The van der Waals surface area contributed by atoms with Crippen LogP contribution < -0.4 is 0 Å². The van der Waals surface area contributed by atoms with E-state index in [0.717, 1.165) is 6.54 Å². The van der Waals surface area contributed by atoms with Crippen LogP contribution >= 0.6 is 0 Å². The van der Waals surface area contributed by atoms with E-state index >= 15 is 0 Å². The Labute approximate surface area is 110 Å². The van der Waals surface area contributed by atoms with E-state index in [2.05, 4.69) is 37.3 Å². The van der Waals surface area contributed by atoms with Crippen molar-refractivity contribution in [3.8, 4) is 0 Å². The van der Waals surface area contributed by atoms with Crippen LogP contribution in [0.15, 0.2) is 0 Å². The average molecular weight is 247 g/mol. The van der Waals surface area contributed by atoms with Crippen LogP contribution in [-0.4, -0.2) is 33.8 Å². The van der Waals surface area contributed by atoms with E-state index in [-0.39, 0.29) is 0 Å². The molecule has 1 saturated heterocycles. The van der Waals surface area contributed by atoms with Crippen molar-refractivity contribution in [2.45, 2.75) is 65.0 Å². The molecule has 0 aliphatic carbocycles. The van der Waals surface area contributed by atoms with Crippen molar-refractivity contribution in [2.24, 2.45) is 0 Å². The molecule has 3 heterocycles. The molecule has 0 amide bonds. The summed E-state index contributed by atoms with van der Waals surface area (Å²) in [5.74, 6) is 0. The van der Waals surface area contributed by atoms with Crippen LogP contribution in [0.25, 0.3) is 0 Å². The van der Waals surface area contributed by atoms with Gasteiger partial charge in [-0.05, 0) is 65.6 Å². The number of aromatic nitrogens is 2. The Bertz CT molecular complexity index is 451. The van der Waals surface area contributed by atoms with E-state index in [9.17, 15) is 0 Å². The molecule has 0 atom stereocenters. The molecular formula is C15H25N3. The van der Waals surface area contributed by atoms with E-state index in [1.807, 2.05) is 0 Å². The lowest BCUT2D eigenvalue weighted by Gasteiger charge is -2.41. The second kappa shape index (κ2) is 4.09. The van der Waals surface area contributed by atoms with Gasteiger partial charge in [0.1, 0.15) is 0 Å². The van der Waals surface area contributed by atoms with Crippen molar-refractivity contribution < 1.29 is 0 Å². The predicted octanol–water partition coefficient (Wildman–Crippen LogP) is 2.65. The minimum absolute atomic E-state index is 0.441. The van der Waals surface area contributed by atoms with Gasteiger partial charge in [0.05, 0.1) is 5.69 Å². The molecule has 18 heavy (non-hydrogen) atoms. The van der Waals surface area contributed by atoms with Gasteiger partial charge >= 0.3 is 0 Å². The summed E-state index contributed by atoms with van der Waals surface area (Å²) in [7, 11) is 0. The molecule has 0 bridgehead atoms. The smallest absolute Gasteiger partial charge is 0.0625 e. The summed E-state index contributed by atoms with van der Waals surface area (Å²) in [6, 6.07) is 0.691. The number of aryl methyl sites for hydroxylation is 2. The van der Waals surface area contributed by atoms with Gasteiger partial charge in [0.25, 0.3) is 0 Å². The third kappa shape index (κ3) is 1.63. The first-order valence-electron chi connectivity index (χ1n) is 7.32. The fourth-order valence-corrected chi connectivity index (χ4v) is 3.90. The third-order valence-electron chi connectivity index (χ3n) is 5.22. The number of rotatable bonds is 1.